The number of carbonyl (C=O) groups excluding carboxylic acids is 2. The third kappa shape index (κ3) is 4.86. The first-order valence-corrected chi connectivity index (χ1v) is 15.1. The fourth-order valence-corrected chi connectivity index (χ4v) is 7.26. The van der Waals surface area contributed by atoms with Gasteiger partial charge in [-0.2, -0.15) is 0 Å². The molecule has 8 nitrogen and oxygen atoms in total. The number of thioether (sulfide) groups is 1. The van der Waals surface area contributed by atoms with Gasteiger partial charge in [-0.05, 0) is 49.2 Å². The Labute approximate surface area is 257 Å². The molecule has 1 atom stereocenters. The van der Waals surface area contributed by atoms with Crippen LogP contribution in [0, 0.1) is 19.7 Å². The Balaban J connectivity index is 1.43. The second-order valence-corrected chi connectivity index (χ2v) is 12.5. The van der Waals surface area contributed by atoms with E-state index in [0.717, 1.165) is 27.4 Å². The number of benzene rings is 2. The van der Waals surface area contributed by atoms with E-state index in [1.807, 2.05) is 19.1 Å². The largest absolute Gasteiger partial charge is 0.505 e. The maximum Gasteiger partial charge on any atom is 0.301 e. The number of hydrogen-bond acceptors (Lipinski definition) is 8. The van der Waals surface area contributed by atoms with Crippen molar-refractivity contribution in [1.82, 2.24) is 19.6 Å². The summed E-state index contributed by atoms with van der Waals surface area (Å²) in [5.41, 5.74) is 2.67. The molecule has 0 bridgehead atoms. The Morgan fingerprint density at radius 3 is 2.62 bits per heavy atom. The number of carbonyl (C=O) groups is 2. The highest BCUT2D eigenvalue weighted by atomic mass is 35.5. The number of nitrogens with zero attached hydrogens (tertiary/aromatic N) is 5. The molecular weight excluding hydrogens is 620 g/mol. The van der Waals surface area contributed by atoms with Crippen LogP contribution in [0.4, 0.5) is 9.52 Å². The van der Waals surface area contributed by atoms with Crippen molar-refractivity contribution in [2.45, 2.75) is 30.0 Å². The highest BCUT2D eigenvalue weighted by molar-refractivity contribution is 8.00. The molecule has 1 saturated heterocycles. The number of fused-ring (bicyclic) bond motifs is 1. The van der Waals surface area contributed by atoms with Gasteiger partial charge in [-0.15, -0.1) is 10.2 Å². The van der Waals surface area contributed by atoms with Crippen LogP contribution in [0.25, 0.3) is 11.4 Å². The molecule has 1 amide bonds. The maximum atomic E-state index is 15.3. The molecule has 5 aromatic rings. The smallest absolute Gasteiger partial charge is 0.301 e. The summed E-state index contributed by atoms with van der Waals surface area (Å²) in [5, 5.41) is 21.0. The quantitative estimate of drug-likeness (QED) is 0.0691. The van der Waals surface area contributed by atoms with Gasteiger partial charge < -0.3 is 9.51 Å². The number of halogens is 3. The van der Waals surface area contributed by atoms with Crippen LogP contribution in [0.2, 0.25) is 10.0 Å². The first kappa shape index (κ1) is 28.4. The van der Waals surface area contributed by atoms with Crippen LogP contribution in [-0.4, -0.2) is 36.4 Å². The van der Waals surface area contributed by atoms with Crippen LogP contribution >= 0.6 is 46.3 Å². The van der Waals surface area contributed by atoms with Gasteiger partial charge in [0.2, 0.25) is 5.13 Å². The van der Waals surface area contributed by atoms with Gasteiger partial charge in [0.25, 0.3) is 5.78 Å². The fourth-order valence-electron chi connectivity index (χ4n) is 4.83. The summed E-state index contributed by atoms with van der Waals surface area (Å²) in [6.45, 7) is 3.61. The van der Waals surface area contributed by atoms with Crippen LogP contribution in [0.3, 0.4) is 0 Å². The zero-order chi connectivity index (χ0) is 29.7. The predicted octanol–water partition coefficient (Wildman–Crippen LogP) is 7.17. The average molecular weight is 641 g/mol. The van der Waals surface area contributed by atoms with Crippen molar-refractivity contribution in [2.75, 3.05) is 4.90 Å². The van der Waals surface area contributed by atoms with E-state index >= 15 is 4.39 Å². The van der Waals surface area contributed by atoms with Gasteiger partial charge in [0, 0.05) is 27.6 Å². The number of Topliss-reactive ketones (excluding diaryl/α,β-unsaturated/α-hetero) is 1. The van der Waals surface area contributed by atoms with Crippen molar-refractivity contribution in [3.63, 3.8) is 0 Å². The molecule has 13 heteroatoms. The number of amides is 1. The number of rotatable bonds is 6. The lowest BCUT2D eigenvalue weighted by Crippen LogP contribution is -2.29. The average Bonchev–Trinajstić information content (AvgIpc) is 3.64. The molecule has 2 aromatic carbocycles. The zero-order valence-electron chi connectivity index (χ0n) is 22.0. The summed E-state index contributed by atoms with van der Waals surface area (Å²) >= 11 is 14.7. The summed E-state index contributed by atoms with van der Waals surface area (Å²) in [5.74, 6) is -2.64. The van der Waals surface area contributed by atoms with E-state index in [1.165, 1.54) is 30.0 Å². The predicted molar refractivity (Wildman–Crippen MR) is 162 cm³/mol. The Kier molecular flexibility index (Phi) is 7.52. The molecule has 6 rings (SSSR count). The second-order valence-electron chi connectivity index (χ2n) is 9.50. The first-order valence-electron chi connectivity index (χ1n) is 12.6. The lowest BCUT2D eigenvalue weighted by Gasteiger charge is -2.22. The zero-order valence-corrected chi connectivity index (χ0v) is 25.2. The number of imidazole rings is 1. The molecule has 1 unspecified atom stereocenters. The van der Waals surface area contributed by atoms with Crippen molar-refractivity contribution >= 4 is 74.5 Å². The number of ketones is 1. The molecule has 0 aliphatic carbocycles. The summed E-state index contributed by atoms with van der Waals surface area (Å²) < 4.78 is 17.5. The molecular formula is C29H20Cl2FN5O3S2. The van der Waals surface area contributed by atoms with Crippen molar-refractivity contribution in [3.8, 4) is 0 Å². The molecule has 0 radical (unpaired) electrons. The molecule has 0 saturated carbocycles. The van der Waals surface area contributed by atoms with Gasteiger partial charge in [0.05, 0.1) is 11.3 Å². The minimum atomic E-state index is -1.30. The van der Waals surface area contributed by atoms with Gasteiger partial charge in [0.1, 0.15) is 23.2 Å². The van der Waals surface area contributed by atoms with Gasteiger partial charge >= 0.3 is 5.91 Å². The topological polar surface area (TPSA) is 101 Å². The Bertz CT molecular complexity index is 1940. The number of aromatic nitrogens is 4. The van der Waals surface area contributed by atoms with Crippen LogP contribution in [-0.2, 0) is 15.3 Å². The van der Waals surface area contributed by atoms with Gasteiger partial charge in [-0.25, -0.2) is 9.37 Å². The van der Waals surface area contributed by atoms with Crippen LogP contribution in [0.5, 0.6) is 0 Å². The normalized spacial score (nSPS) is 16.6. The lowest BCUT2D eigenvalue weighted by atomic mass is 9.96. The maximum absolute atomic E-state index is 15.3. The molecule has 4 heterocycles. The molecule has 42 heavy (non-hydrogen) atoms. The highest BCUT2D eigenvalue weighted by Crippen LogP contribution is 2.45. The van der Waals surface area contributed by atoms with Gasteiger partial charge in [-0.3, -0.25) is 14.5 Å². The molecule has 1 fully saturated rings. The summed E-state index contributed by atoms with van der Waals surface area (Å²) in [7, 11) is 0. The van der Waals surface area contributed by atoms with Crippen LogP contribution in [0.1, 0.15) is 34.1 Å². The molecule has 0 spiro atoms. The minimum absolute atomic E-state index is 0.0215. The number of anilines is 1. The lowest BCUT2D eigenvalue weighted by molar-refractivity contribution is -0.132. The SMILES string of the molecule is Cc1cccn2c(C)c(C(O)=C3C(=O)C(=O)N(c4nnc(SCc5ccc(Cl)cc5Cl)s4)C3c3ccccc3F)nc12. The number of pyridine rings is 1. The molecule has 1 N–H and O–H groups in total. The van der Waals surface area contributed by atoms with E-state index in [1.54, 1.807) is 41.8 Å². The van der Waals surface area contributed by atoms with Crippen LogP contribution < -0.4 is 4.90 Å². The molecule has 1 aliphatic rings. The Hall–Kier alpha value is -3.77. The van der Waals surface area contributed by atoms with Crippen molar-refractivity contribution < 1.29 is 19.1 Å². The highest BCUT2D eigenvalue weighted by Gasteiger charge is 2.49. The van der Waals surface area contributed by atoms with E-state index in [9.17, 15) is 14.7 Å². The monoisotopic (exact) mass is 639 g/mol. The Morgan fingerprint density at radius 2 is 1.88 bits per heavy atom. The van der Waals surface area contributed by atoms with E-state index in [-0.39, 0.29) is 22.0 Å². The van der Waals surface area contributed by atoms with Crippen LogP contribution in [0.15, 0.2) is 70.7 Å². The molecule has 1 aliphatic heterocycles. The minimum Gasteiger partial charge on any atom is -0.505 e. The van der Waals surface area contributed by atoms with Crippen molar-refractivity contribution in [1.29, 1.82) is 0 Å². The first-order chi connectivity index (χ1) is 20.2. The molecule has 212 valence electrons. The molecule has 3 aromatic heterocycles. The summed E-state index contributed by atoms with van der Waals surface area (Å²) in [4.78, 5) is 32.7. The third-order valence-electron chi connectivity index (χ3n) is 6.92. The van der Waals surface area contributed by atoms with Gasteiger partial charge in [0.15, 0.2) is 10.1 Å². The summed E-state index contributed by atoms with van der Waals surface area (Å²) in [6, 6.07) is 13.4. The van der Waals surface area contributed by atoms with E-state index < -0.39 is 29.3 Å². The summed E-state index contributed by atoms with van der Waals surface area (Å²) in [6.07, 6.45) is 1.78. The second kappa shape index (κ2) is 11.1. The van der Waals surface area contributed by atoms with E-state index in [2.05, 4.69) is 15.2 Å². The van der Waals surface area contributed by atoms with Crippen molar-refractivity contribution in [3.05, 3.63) is 110 Å². The Morgan fingerprint density at radius 1 is 1.10 bits per heavy atom. The number of hydrogen-bond donors (Lipinski definition) is 1. The third-order valence-corrected chi connectivity index (χ3v) is 9.61. The van der Waals surface area contributed by atoms with Crippen molar-refractivity contribution in [2.24, 2.45) is 0 Å². The number of aryl methyl sites for hydroxylation is 2. The number of aliphatic hydroxyl groups excluding tert-OH is 1. The fraction of sp³-hybridized carbons (Fsp3) is 0.138. The van der Waals surface area contributed by atoms with Gasteiger partial charge in [-0.1, -0.05) is 76.6 Å². The van der Waals surface area contributed by atoms with E-state index in [0.29, 0.717) is 31.5 Å². The van der Waals surface area contributed by atoms with E-state index in [4.69, 9.17) is 23.2 Å². The number of aliphatic hydroxyl groups is 1. The standard InChI is InChI=1S/C29H20Cl2FN5O3S2/c1-14-6-5-11-36-15(2)22(33-26(14)36)24(38)21-23(18-7-3-4-8-20(18)32)37(27(40)25(21)39)28-34-35-29(42-28)41-13-16-9-10-17(30)12-19(16)31/h3-12,23,38H,13H2,1-2H3.